The highest BCUT2D eigenvalue weighted by Crippen LogP contribution is 2.30. The summed E-state index contributed by atoms with van der Waals surface area (Å²) in [5.41, 5.74) is 4.41. The van der Waals surface area contributed by atoms with Crippen molar-refractivity contribution in [3.05, 3.63) is 94.5 Å². The largest absolute Gasteiger partial charge is 0.322 e. The third kappa shape index (κ3) is 4.33. The standard InChI is InChI=1S/C28H25N3O4/c1-18(32)30-14-5-8-20-16-22(10-12-25(20)30)29-26(33)21-9-11-23-24(17-21)28(35)31(27(23)34)15-13-19-6-3-2-4-7-19/h2-4,6-7,9-12,16-17H,5,8,13-15H2,1H3,(H,29,33). The van der Waals surface area contributed by atoms with Crippen LogP contribution in [0.1, 0.15) is 55.5 Å². The Morgan fingerprint density at radius 1 is 0.914 bits per heavy atom. The van der Waals surface area contributed by atoms with Gasteiger partial charge in [0.15, 0.2) is 0 Å². The van der Waals surface area contributed by atoms with Crippen molar-refractivity contribution in [2.75, 3.05) is 23.3 Å². The van der Waals surface area contributed by atoms with Crippen molar-refractivity contribution >= 4 is 35.0 Å². The summed E-state index contributed by atoms with van der Waals surface area (Å²) in [5.74, 6) is -1.08. The second kappa shape index (κ2) is 9.18. The van der Waals surface area contributed by atoms with Gasteiger partial charge in [0.2, 0.25) is 5.91 Å². The van der Waals surface area contributed by atoms with Crippen LogP contribution in [0, 0.1) is 0 Å². The van der Waals surface area contributed by atoms with Crippen LogP contribution in [-0.2, 0) is 17.6 Å². The third-order valence-corrected chi connectivity index (χ3v) is 6.54. The average molecular weight is 468 g/mol. The second-order valence-electron chi connectivity index (χ2n) is 8.83. The lowest BCUT2D eigenvalue weighted by molar-refractivity contribution is -0.116. The number of anilines is 2. The predicted octanol–water partition coefficient (Wildman–Crippen LogP) is 4.08. The Bertz CT molecular complexity index is 1350. The van der Waals surface area contributed by atoms with Crippen molar-refractivity contribution in [1.82, 2.24) is 4.90 Å². The van der Waals surface area contributed by atoms with Gasteiger partial charge in [-0.15, -0.1) is 0 Å². The molecule has 0 fully saturated rings. The number of rotatable bonds is 5. The Morgan fingerprint density at radius 2 is 1.69 bits per heavy atom. The van der Waals surface area contributed by atoms with Crippen LogP contribution in [0.25, 0.3) is 0 Å². The zero-order chi connectivity index (χ0) is 24.5. The summed E-state index contributed by atoms with van der Waals surface area (Å²) >= 11 is 0. The molecule has 0 atom stereocenters. The molecular weight excluding hydrogens is 442 g/mol. The zero-order valence-corrected chi connectivity index (χ0v) is 19.4. The molecule has 1 N–H and O–H groups in total. The van der Waals surface area contributed by atoms with Crippen LogP contribution >= 0.6 is 0 Å². The number of fused-ring (bicyclic) bond motifs is 2. The second-order valence-corrected chi connectivity index (χ2v) is 8.83. The van der Waals surface area contributed by atoms with E-state index >= 15 is 0 Å². The number of aryl methyl sites for hydroxylation is 1. The Balaban J connectivity index is 1.31. The van der Waals surface area contributed by atoms with E-state index in [9.17, 15) is 19.2 Å². The van der Waals surface area contributed by atoms with Gasteiger partial charge < -0.3 is 10.2 Å². The fourth-order valence-corrected chi connectivity index (χ4v) is 4.73. The van der Waals surface area contributed by atoms with Crippen molar-refractivity contribution in [1.29, 1.82) is 0 Å². The van der Waals surface area contributed by atoms with Crippen LogP contribution in [0.2, 0.25) is 0 Å². The first-order valence-electron chi connectivity index (χ1n) is 11.7. The van der Waals surface area contributed by atoms with Crippen LogP contribution in [0.5, 0.6) is 0 Å². The van der Waals surface area contributed by atoms with Gasteiger partial charge in [-0.25, -0.2) is 0 Å². The highest BCUT2D eigenvalue weighted by molar-refractivity contribution is 6.22. The molecule has 0 saturated carbocycles. The maximum absolute atomic E-state index is 12.9. The monoisotopic (exact) mass is 467 g/mol. The fraction of sp³-hybridized carbons (Fsp3) is 0.214. The molecule has 0 unspecified atom stereocenters. The van der Waals surface area contributed by atoms with Gasteiger partial charge in [0.25, 0.3) is 17.7 Å². The molecule has 4 amide bonds. The molecule has 0 spiro atoms. The van der Waals surface area contributed by atoms with Crippen molar-refractivity contribution in [3.8, 4) is 0 Å². The van der Waals surface area contributed by atoms with Gasteiger partial charge in [-0.1, -0.05) is 30.3 Å². The van der Waals surface area contributed by atoms with Crippen molar-refractivity contribution in [3.63, 3.8) is 0 Å². The molecule has 3 aromatic carbocycles. The Morgan fingerprint density at radius 3 is 2.46 bits per heavy atom. The third-order valence-electron chi connectivity index (χ3n) is 6.54. The molecule has 0 bridgehead atoms. The lowest BCUT2D eigenvalue weighted by Gasteiger charge is -2.29. The quantitative estimate of drug-likeness (QED) is 0.573. The molecule has 0 radical (unpaired) electrons. The summed E-state index contributed by atoms with van der Waals surface area (Å²) in [4.78, 5) is 53.6. The van der Waals surface area contributed by atoms with Gasteiger partial charge in [-0.05, 0) is 66.8 Å². The van der Waals surface area contributed by atoms with E-state index in [2.05, 4.69) is 5.32 Å². The minimum absolute atomic E-state index is 0.00194. The molecule has 0 aromatic heterocycles. The minimum atomic E-state index is -0.381. The van der Waals surface area contributed by atoms with E-state index in [0.717, 1.165) is 29.7 Å². The van der Waals surface area contributed by atoms with E-state index in [1.165, 1.54) is 11.0 Å². The van der Waals surface area contributed by atoms with Gasteiger partial charge in [0.1, 0.15) is 0 Å². The maximum atomic E-state index is 12.9. The fourth-order valence-electron chi connectivity index (χ4n) is 4.73. The van der Waals surface area contributed by atoms with E-state index in [1.54, 1.807) is 30.0 Å². The molecule has 3 aromatic rings. The maximum Gasteiger partial charge on any atom is 0.261 e. The van der Waals surface area contributed by atoms with Gasteiger partial charge >= 0.3 is 0 Å². The van der Waals surface area contributed by atoms with E-state index in [0.29, 0.717) is 29.8 Å². The van der Waals surface area contributed by atoms with Crippen molar-refractivity contribution < 1.29 is 19.2 Å². The van der Waals surface area contributed by atoms with E-state index in [4.69, 9.17) is 0 Å². The molecule has 5 rings (SSSR count). The number of nitrogens with zero attached hydrogens (tertiary/aromatic N) is 2. The van der Waals surface area contributed by atoms with Crippen molar-refractivity contribution in [2.45, 2.75) is 26.2 Å². The smallest absolute Gasteiger partial charge is 0.261 e. The van der Waals surface area contributed by atoms with E-state index < -0.39 is 0 Å². The Hall–Kier alpha value is -4.26. The van der Waals surface area contributed by atoms with Gasteiger partial charge in [-0.3, -0.25) is 24.1 Å². The van der Waals surface area contributed by atoms with Gasteiger partial charge in [0.05, 0.1) is 11.1 Å². The highest BCUT2D eigenvalue weighted by atomic mass is 16.2. The SMILES string of the molecule is CC(=O)N1CCCc2cc(NC(=O)c3ccc4c(c3)C(=O)N(CCc3ccccc3)C4=O)ccc21. The molecule has 35 heavy (non-hydrogen) atoms. The molecule has 7 heteroatoms. The van der Waals surface area contributed by atoms with Crippen molar-refractivity contribution in [2.24, 2.45) is 0 Å². The number of nitrogens with one attached hydrogen (secondary N) is 1. The molecule has 0 saturated heterocycles. The first-order valence-corrected chi connectivity index (χ1v) is 11.7. The number of amides is 4. The number of imide groups is 1. The summed E-state index contributed by atoms with van der Waals surface area (Å²) in [6.45, 7) is 2.52. The van der Waals surface area contributed by atoms with Crippen LogP contribution < -0.4 is 10.2 Å². The number of carbonyl (C=O) groups excluding carboxylic acids is 4. The van der Waals surface area contributed by atoms with Crippen LogP contribution in [0.15, 0.2) is 66.7 Å². The van der Waals surface area contributed by atoms with E-state index in [1.807, 2.05) is 42.5 Å². The van der Waals surface area contributed by atoms with Gasteiger partial charge in [0, 0.05) is 37.0 Å². The summed E-state index contributed by atoms with van der Waals surface area (Å²) in [5, 5.41) is 2.88. The first-order chi connectivity index (χ1) is 16.9. The molecule has 7 nitrogen and oxygen atoms in total. The lowest BCUT2D eigenvalue weighted by Crippen LogP contribution is -2.33. The topological polar surface area (TPSA) is 86.8 Å². The molecule has 176 valence electrons. The molecule has 2 aliphatic heterocycles. The Kier molecular flexibility index (Phi) is 5.91. The normalized spacial score (nSPS) is 14.5. The van der Waals surface area contributed by atoms with Crippen LogP contribution in [0.4, 0.5) is 11.4 Å². The van der Waals surface area contributed by atoms with E-state index in [-0.39, 0.29) is 35.7 Å². The molecule has 0 aliphatic carbocycles. The minimum Gasteiger partial charge on any atom is -0.322 e. The summed E-state index contributed by atoms with van der Waals surface area (Å²) in [6.07, 6.45) is 2.27. The predicted molar refractivity (Wildman–Crippen MR) is 133 cm³/mol. The molecule has 2 aliphatic rings. The first kappa shape index (κ1) is 22.5. The number of hydrogen-bond donors (Lipinski definition) is 1. The molecular formula is C28H25N3O4. The average Bonchev–Trinajstić information content (AvgIpc) is 3.11. The van der Waals surface area contributed by atoms with Crippen LogP contribution in [0.3, 0.4) is 0 Å². The lowest BCUT2D eigenvalue weighted by atomic mass is 10.0. The van der Waals surface area contributed by atoms with Crippen LogP contribution in [-0.4, -0.2) is 41.6 Å². The zero-order valence-electron chi connectivity index (χ0n) is 19.4. The van der Waals surface area contributed by atoms with Gasteiger partial charge in [-0.2, -0.15) is 0 Å². The summed E-state index contributed by atoms with van der Waals surface area (Å²) in [7, 11) is 0. The number of benzene rings is 3. The number of carbonyl (C=O) groups is 4. The summed E-state index contributed by atoms with van der Waals surface area (Å²) in [6, 6.07) is 19.8. The molecule has 2 heterocycles. The highest BCUT2D eigenvalue weighted by Gasteiger charge is 2.35. The Labute approximate surface area is 203 Å². The summed E-state index contributed by atoms with van der Waals surface area (Å²) < 4.78 is 0. The number of hydrogen-bond acceptors (Lipinski definition) is 4.